The molecule has 2 aliphatic rings. The van der Waals surface area contributed by atoms with E-state index in [1.807, 2.05) is 30.0 Å². The van der Waals surface area contributed by atoms with Crippen LogP contribution >= 0.6 is 11.3 Å². The minimum Gasteiger partial charge on any atom is -0.482 e. The summed E-state index contributed by atoms with van der Waals surface area (Å²) in [5.74, 6) is 0.575. The Bertz CT molecular complexity index is 889. The second kappa shape index (κ2) is 7.89. The summed E-state index contributed by atoms with van der Waals surface area (Å²) in [5, 5.41) is 2.55. The van der Waals surface area contributed by atoms with Gasteiger partial charge in [-0.2, -0.15) is 0 Å². The van der Waals surface area contributed by atoms with Gasteiger partial charge in [0.1, 0.15) is 16.5 Å². The van der Waals surface area contributed by atoms with Gasteiger partial charge in [0.05, 0.1) is 12.2 Å². The Balaban J connectivity index is 1.48. The number of aryl methyl sites for hydroxylation is 1. The highest BCUT2D eigenvalue weighted by atomic mass is 32.1. The first-order chi connectivity index (χ1) is 13.5. The molecule has 8 heteroatoms. The molecule has 1 fully saturated rings. The molecule has 148 valence electrons. The summed E-state index contributed by atoms with van der Waals surface area (Å²) in [4.78, 5) is 35.6. The lowest BCUT2D eigenvalue weighted by molar-refractivity contribution is -0.121. The van der Waals surface area contributed by atoms with Crippen molar-refractivity contribution in [3.63, 3.8) is 0 Å². The van der Waals surface area contributed by atoms with Crippen LogP contribution in [-0.4, -0.2) is 65.9 Å². The van der Waals surface area contributed by atoms with E-state index in [1.165, 1.54) is 11.3 Å². The molecule has 0 aliphatic carbocycles. The maximum atomic E-state index is 12.8. The first kappa shape index (κ1) is 18.9. The van der Waals surface area contributed by atoms with Crippen molar-refractivity contribution < 1.29 is 14.3 Å². The summed E-state index contributed by atoms with van der Waals surface area (Å²) in [5.41, 5.74) is 2.29. The number of hydrogen-bond acceptors (Lipinski definition) is 6. The number of carbonyl (C=O) groups excluding carboxylic acids is 2. The highest BCUT2D eigenvalue weighted by Crippen LogP contribution is 2.34. The summed E-state index contributed by atoms with van der Waals surface area (Å²) < 4.78 is 5.53. The minimum absolute atomic E-state index is 0.0227. The van der Waals surface area contributed by atoms with Gasteiger partial charge in [0, 0.05) is 31.6 Å². The van der Waals surface area contributed by atoms with E-state index in [0.29, 0.717) is 18.0 Å². The van der Waals surface area contributed by atoms with Crippen molar-refractivity contribution in [2.45, 2.75) is 20.4 Å². The molecule has 0 spiro atoms. The zero-order chi connectivity index (χ0) is 19.7. The first-order valence-corrected chi connectivity index (χ1v) is 10.4. The van der Waals surface area contributed by atoms with E-state index in [9.17, 15) is 9.59 Å². The van der Waals surface area contributed by atoms with E-state index >= 15 is 0 Å². The molecule has 2 aromatic rings. The van der Waals surface area contributed by atoms with E-state index in [4.69, 9.17) is 4.74 Å². The van der Waals surface area contributed by atoms with Gasteiger partial charge >= 0.3 is 0 Å². The molecule has 0 atom stereocenters. The number of ether oxygens (including phenoxy) is 1. The molecule has 0 bridgehead atoms. The largest absolute Gasteiger partial charge is 0.482 e. The number of fused-ring (bicyclic) bond motifs is 1. The topological polar surface area (TPSA) is 66.0 Å². The third-order valence-electron chi connectivity index (χ3n) is 5.23. The highest BCUT2D eigenvalue weighted by molar-refractivity contribution is 7.09. The lowest BCUT2D eigenvalue weighted by atomic mass is 10.1. The molecule has 1 saturated heterocycles. The second-order valence-corrected chi connectivity index (χ2v) is 8.04. The molecular weight excluding hydrogens is 376 g/mol. The van der Waals surface area contributed by atoms with E-state index in [-0.39, 0.29) is 18.4 Å². The number of benzene rings is 1. The molecule has 2 amide bonds. The van der Waals surface area contributed by atoms with E-state index in [1.54, 1.807) is 10.3 Å². The molecule has 2 aliphatic heterocycles. The third-order valence-corrected chi connectivity index (χ3v) is 6.06. The van der Waals surface area contributed by atoms with Gasteiger partial charge in [-0.25, -0.2) is 4.98 Å². The first-order valence-electron chi connectivity index (χ1n) is 9.55. The molecule has 4 rings (SSSR count). The predicted octanol–water partition coefficient (Wildman–Crippen LogP) is 2.15. The smallest absolute Gasteiger partial charge is 0.273 e. The number of thiazole rings is 1. The summed E-state index contributed by atoms with van der Waals surface area (Å²) in [6, 6.07) is 5.79. The van der Waals surface area contributed by atoms with Gasteiger partial charge in [-0.1, -0.05) is 13.0 Å². The molecular formula is C20H24N4O3S. The fraction of sp³-hybridized carbons (Fsp3) is 0.450. The number of likely N-dealkylation sites (N-methyl/N-ethyl adjacent to an activating group) is 1. The Kier molecular flexibility index (Phi) is 5.32. The molecule has 0 unspecified atom stereocenters. The Labute approximate surface area is 168 Å². The van der Waals surface area contributed by atoms with Crippen LogP contribution < -0.4 is 9.64 Å². The number of aromatic nitrogens is 1. The molecule has 3 heterocycles. The van der Waals surface area contributed by atoms with Crippen molar-refractivity contribution in [2.75, 3.05) is 44.2 Å². The Morgan fingerprint density at radius 1 is 1.25 bits per heavy atom. The van der Waals surface area contributed by atoms with Gasteiger partial charge in [-0.05, 0) is 31.2 Å². The van der Waals surface area contributed by atoms with Crippen LogP contribution in [0.25, 0.3) is 0 Å². The average Bonchev–Trinajstić information content (AvgIpc) is 3.18. The van der Waals surface area contributed by atoms with Crippen LogP contribution in [0.3, 0.4) is 0 Å². The van der Waals surface area contributed by atoms with Crippen molar-refractivity contribution in [1.82, 2.24) is 14.8 Å². The normalized spacial score (nSPS) is 17.4. The van der Waals surface area contributed by atoms with Crippen LogP contribution in [-0.2, 0) is 11.3 Å². The van der Waals surface area contributed by atoms with E-state index < -0.39 is 0 Å². The summed E-state index contributed by atoms with van der Waals surface area (Å²) in [7, 11) is 0. The number of amides is 2. The van der Waals surface area contributed by atoms with Crippen molar-refractivity contribution in [1.29, 1.82) is 0 Å². The molecule has 1 aromatic heterocycles. The van der Waals surface area contributed by atoms with Crippen molar-refractivity contribution in [2.24, 2.45) is 0 Å². The van der Waals surface area contributed by atoms with Gasteiger partial charge in [0.25, 0.3) is 11.8 Å². The molecule has 7 nitrogen and oxygen atoms in total. The highest BCUT2D eigenvalue weighted by Gasteiger charge is 2.28. The van der Waals surface area contributed by atoms with Crippen LogP contribution in [0, 0.1) is 6.92 Å². The number of hydrogen-bond donors (Lipinski definition) is 0. The Morgan fingerprint density at radius 3 is 2.79 bits per heavy atom. The van der Waals surface area contributed by atoms with Gasteiger partial charge in [-0.3, -0.25) is 14.5 Å². The average molecular weight is 401 g/mol. The van der Waals surface area contributed by atoms with Crippen LogP contribution in [0.1, 0.15) is 28.0 Å². The zero-order valence-corrected chi connectivity index (χ0v) is 17.0. The number of nitrogens with zero attached hydrogens (tertiary/aromatic N) is 4. The number of rotatable bonds is 4. The fourth-order valence-corrected chi connectivity index (χ4v) is 4.29. The van der Waals surface area contributed by atoms with E-state index in [0.717, 1.165) is 49.0 Å². The van der Waals surface area contributed by atoms with Crippen LogP contribution in [0.5, 0.6) is 5.75 Å². The molecule has 1 aromatic carbocycles. The van der Waals surface area contributed by atoms with Crippen LogP contribution in [0.15, 0.2) is 23.6 Å². The van der Waals surface area contributed by atoms with Crippen LogP contribution in [0.4, 0.5) is 5.69 Å². The zero-order valence-electron chi connectivity index (χ0n) is 16.2. The SMILES string of the molecule is CCN1CCN(C(=O)c2csc(CN3C(=O)COc4ccc(C)cc43)n2)CC1. The minimum atomic E-state index is -0.100. The molecule has 28 heavy (non-hydrogen) atoms. The third kappa shape index (κ3) is 3.74. The van der Waals surface area contributed by atoms with Crippen LogP contribution in [0.2, 0.25) is 0 Å². The Hall–Kier alpha value is -2.45. The van der Waals surface area contributed by atoms with Gasteiger partial charge < -0.3 is 14.5 Å². The number of piperazine rings is 1. The Morgan fingerprint density at radius 2 is 2.04 bits per heavy atom. The lowest BCUT2D eigenvalue weighted by Gasteiger charge is -2.33. The summed E-state index contributed by atoms with van der Waals surface area (Å²) in [6.45, 7) is 8.76. The van der Waals surface area contributed by atoms with Gasteiger partial charge in [0.15, 0.2) is 6.61 Å². The number of anilines is 1. The number of carbonyl (C=O) groups is 2. The maximum absolute atomic E-state index is 12.8. The van der Waals surface area contributed by atoms with Gasteiger partial charge in [0.2, 0.25) is 0 Å². The summed E-state index contributed by atoms with van der Waals surface area (Å²) in [6.07, 6.45) is 0. The molecule has 0 radical (unpaired) electrons. The van der Waals surface area contributed by atoms with Gasteiger partial charge in [-0.15, -0.1) is 11.3 Å². The standard InChI is InChI=1S/C20H24N4O3S/c1-3-22-6-8-23(9-7-22)20(26)15-13-28-18(21-15)11-24-16-10-14(2)4-5-17(16)27-12-19(24)25/h4-5,10,13H,3,6-9,11-12H2,1-2H3. The molecule has 0 saturated carbocycles. The maximum Gasteiger partial charge on any atom is 0.273 e. The summed E-state index contributed by atoms with van der Waals surface area (Å²) >= 11 is 1.42. The van der Waals surface area contributed by atoms with E-state index in [2.05, 4.69) is 16.8 Å². The second-order valence-electron chi connectivity index (χ2n) is 7.09. The van der Waals surface area contributed by atoms with Crippen molar-refractivity contribution in [3.8, 4) is 5.75 Å². The quantitative estimate of drug-likeness (QED) is 0.787. The fourth-order valence-electron chi connectivity index (χ4n) is 3.53. The predicted molar refractivity (Wildman–Crippen MR) is 108 cm³/mol. The monoisotopic (exact) mass is 400 g/mol. The molecule has 0 N–H and O–H groups in total. The van der Waals surface area contributed by atoms with Crippen molar-refractivity contribution >= 4 is 28.8 Å². The van der Waals surface area contributed by atoms with Crippen molar-refractivity contribution in [3.05, 3.63) is 39.8 Å². The lowest BCUT2D eigenvalue weighted by Crippen LogP contribution is -2.48.